The fourth-order valence-corrected chi connectivity index (χ4v) is 3.43. The van der Waals surface area contributed by atoms with Gasteiger partial charge in [-0.15, -0.1) is 0 Å². The molecule has 3 heterocycles. The third kappa shape index (κ3) is 3.44. The lowest BCUT2D eigenvalue weighted by Gasteiger charge is -2.11. The van der Waals surface area contributed by atoms with Crippen LogP contribution in [0.25, 0.3) is 16.6 Å². The van der Waals surface area contributed by atoms with Gasteiger partial charge < -0.3 is 10.4 Å². The Hall–Kier alpha value is -2.74. The number of rotatable bonds is 4. The van der Waals surface area contributed by atoms with E-state index in [0.717, 1.165) is 16.6 Å². The molecule has 9 heteroatoms. The fourth-order valence-electron chi connectivity index (χ4n) is 2.73. The van der Waals surface area contributed by atoms with Crippen LogP contribution in [0, 0.1) is 6.92 Å². The van der Waals surface area contributed by atoms with E-state index >= 15 is 0 Å². The monoisotopic (exact) mass is 400 g/mol. The third-order valence-electron chi connectivity index (χ3n) is 3.98. The van der Waals surface area contributed by atoms with Crippen molar-refractivity contribution in [2.45, 2.75) is 13.5 Å². The van der Waals surface area contributed by atoms with Crippen LogP contribution in [0.4, 0.5) is 11.6 Å². The number of nitrogens with one attached hydrogen (secondary N) is 1. The predicted molar refractivity (Wildman–Crippen MR) is 105 cm³/mol. The third-order valence-corrected chi connectivity index (χ3v) is 4.56. The predicted octanol–water partition coefficient (Wildman–Crippen LogP) is 4.06. The molecule has 7 nitrogen and oxygen atoms in total. The van der Waals surface area contributed by atoms with Crippen LogP contribution in [0.1, 0.15) is 11.3 Å². The second-order valence-electron chi connectivity index (χ2n) is 5.92. The van der Waals surface area contributed by atoms with E-state index in [1.165, 1.54) is 6.33 Å². The van der Waals surface area contributed by atoms with Crippen molar-refractivity contribution in [1.29, 1.82) is 0 Å². The quantitative estimate of drug-likeness (QED) is 0.536. The Balaban J connectivity index is 1.79. The van der Waals surface area contributed by atoms with Gasteiger partial charge in [-0.2, -0.15) is 5.10 Å². The summed E-state index contributed by atoms with van der Waals surface area (Å²) in [5, 5.41) is 18.5. The zero-order valence-electron chi connectivity index (χ0n) is 14.2. The molecule has 0 aliphatic rings. The highest BCUT2D eigenvalue weighted by molar-refractivity contribution is 6.38. The van der Waals surface area contributed by atoms with Gasteiger partial charge in [-0.05, 0) is 24.6 Å². The first-order valence-corrected chi connectivity index (χ1v) is 8.79. The highest BCUT2D eigenvalue weighted by Gasteiger charge is 2.15. The number of hydrogen-bond donors (Lipinski definition) is 2. The summed E-state index contributed by atoms with van der Waals surface area (Å²) in [5.41, 5.74) is 2.80. The summed E-state index contributed by atoms with van der Waals surface area (Å²) in [6, 6.07) is 7.00. The average molecular weight is 401 g/mol. The maximum Gasteiger partial charge on any atom is 0.135 e. The topological polar surface area (TPSA) is 88.8 Å². The van der Waals surface area contributed by atoms with Gasteiger partial charge >= 0.3 is 0 Å². The molecular weight excluding hydrogens is 387 g/mol. The minimum atomic E-state index is -0.143. The first kappa shape index (κ1) is 17.7. The maximum atomic E-state index is 9.31. The first-order valence-electron chi connectivity index (χ1n) is 8.04. The van der Waals surface area contributed by atoms with Crippen molar-refractivity contribution in [2.24, 2.45) is 0 Å². The van der Waals surface area contributed by atoms with Gasteiger partial charge in [0.1, 0.15) is 23.7 Å². The maximum absolute atomic E-state index is 9.31. The zero-order chi connectivity index (χ0) is 19.0. The minimum absolute atomic E-state index is 0.143. The zero-order valence-corrected chi connectivity index (χ0v) is 15.7. The van der Waals surface area contributed by atoms with E-state index in [9.17, 15) is 5.11 Å². The van der Waals surface area contributed by atoms with Crippen LogP contribution >= 0.6 is 23.2 Å². The van der Waals surface area contributed by atoms with Gasteiger partial charge in [-0.1, -0.05) is 23.2 Å². The van der Waals surface area contributed by atoms with Crippen molar-refractivity contribution in [1.82, 2.24) is 24.7 Å². The van der Waals surface area contributed by atoms with Crippen molar-refractivity contribution in [3.63, 3.8) is 0 Å². The molecule has 1 aromatic carbocycles. The molecular formula is C18H14Cl2N6O. The standard InChI is InChI=1S/C18H14Cl2N6O/c1-10-2-16(23-9-22-10)25-17-5-15-12(6-21-17)7-24-26(15)18-13(19)3-11(8-27)4-14(18)20/h2-7,9,27H,8H2,1H3,(H,21,22,23,25). The molecule has 136 valence electrons. The van der Waals surface area contributed by atoms with Crippen LogP contribution in [0.2, 0.25) is 10.0 Å². The summed E-state index contributed by atoms with van der Waals surface area (Å²) in [6.45, 7) is 1.74. The molecule has 0 unspecified atom stereocenters. The second-order valence-corrected chi connectivity index (χ2v) is 6.73. The number of aliphatic hydroxyl groups excluding tert-OH is 1. The van der Waals surface area contributed by atoms with E-state index in [1.807, 2.05) is 19.1 Å². The summed E-state index contributed by atoms with van der Waals surface area (Å²) in [7, 11) is 0. The van der Waals surface area contributed by atoms with Gasteiger partial charge in [0, 0.05) is 29.4 Å². The molecule has 0 bridgehead atoms. The molecule has 0 aliphatic heterocycles. The van der Waals surface area contributed by atoms with E-state index in [-0.39, 0.29) is 6.61 Å². The Morgan fingerprint density at radius 1 is 1.00 bits per heavy atom. The number of hydrogen-bond acceptors (Lipinski definition) is 6. The van der Waals surface area contributed by atoms with Crippen LogP contribution < -0.4 is 5.32 Å². The number of anilines is 2. The van der Waals surface area contributed by atoms with Gasteiger partial charge in [0.05, 0.1) is 28.4 Å². The molecule has 0 spiro atoms. The number of halogens is 2. The van der Waals surface area contributed by atoms with E-state index in [1.54, 1.807) is 29.2 Å². The molecule has 4 rings (SSSR count). The molecule has 0 saturated carbocycles. The SMILES string of the molecule is Cc1cc(Nc2cc3c(cn2)cnn3-c2c(Cl)cc(CO)cc2Cl)ncn1. The molecule has 0 atom stereocenters. The molecule has 4 aromatic rings. The van der Waals surface area contributed by atoms with E-state index in [2.05, 4.69) is 25.4 Å². The molecule has 3 aromatic heterocycles. The number of pyridine rings is 1. The van der Waals surface area contributed by atoms with Crippen molar-refractivity contribution >= 4 is 45.7 Å². The van der Waals surface area contributed by atoms with Crippen LogP contribution in [0.15, 0.2) is 43.0 Å². The van der Waals surface area contributed by atoms with Crippen LogP contribution in [0.5, 0.6) is 0 Å². The number of aryl methyl sites for hydroxylation is 1. The van der Waals surface area contributed by atoms with Gasteiger partial charge in [-0.25, -0.2) is 19.6 Å². The molecule has 0 amide bonds. The lowest BCUT2D eigenvalue weighted by atomic mass is 10.2. The van der Waals surface area contributed by atoms with Crippen LogP contribution in [-0.2, 0) is 6.61 Å². The number of benzene rings is 1. The lowest BCUT2D eigenvalue weighted by Crippen LogP contribution is -2.01. The Bertz CT molecular complexity index is 1120. The normalized spacial score (nSPS) is 11.1. The van der Waals surface area contributed by atoms with Gasteiger partial charge in [0.2, 0.25) is 0 Å². The molecule has 0 fully saturated rings. The Morgan fingerprint density at radius 2 is 1.74 bits per heavy atom. The van der Waals surface area contributed by atoms with Crippen LogP contribution in [-0.4, -0.2) is 29.8 Å². The van der Waals surface area contributed by atoms with Crippen molar-refractivity contribution < 1.29 is 5.11 Å². The first-order chi connectivity index (χ1) is 13.0. The molecule has 0 saturated heterocycles. The summed E-state index contributed by atoms with van der Waals surface area (Å²) >= 11 is 12.8. The highest BCUT2D eigenvalue weighted by atomic mass is 35.5. The number of fused-ring (bicyclic) bond motifs is 1. The Labute approximate surface area is 164 Å². The van der Waals surface area contributed by atoms with Crippen molar-refractivity contribution in [3.05, 3.63) is 64.3 Å². The smallest absolute Gasteiger partial charge is 0.135 e. The van der Waals surface area contributed by atoms with E-state index < -0.39 is 0 Å². The summed E-state index contributed by atoms with van der Waals surface area (Å²) in [6.07, 6.45) is 4.88. The van der Waals surface area contributed by atoms with E-state index in [0.29, 0.717) is 32.9 Å². The summed E-state index contributed by atoms with van der Waals surface area (Å²) < 4.78 is 1.65. The Kier molecular flexibility index (Phi) is 4.65. The fraction of sp³-hybridized carbons (Fsp3) is 0.111. The van der Waals surface area contributed by atoms with Gasteiger partial charge in [0.25, 0.3) is 0 Å². The number of aromatic nitrogens is 5. The average Bonchev–Trinajstić information content (AvgIpc) is 3.04. The molecule has 0 radical (unpaired) electrons. The summed E-state index contributed by atoms with van der Waals surface area (Å²) in [4.78, 5) is 12.6. The second kappa shape index (κ2) is 7.11. The number of aliphatic hydroxyl groups is 1. The molecule has 0 aliphatic carbocycles. The number of nitrogens with zero attached hydrogens (tertiary/aromatic N) is 5. The van der Waals surface area contributed by atoms with Crippen LogP contribution in [0.3, 0.4) is 0 Å². The largest absolute Gasteiger partial charge is 0.392 e. The highest BCUT2D eigenvalue weighted by Crippen LogP contribution is 2.32. The van der Waals surface area contributed by atoms with Crippen molar-refractivity contribution in [3.8, 4) is 5.69 Å². The van der Waals surface area contributed by atoms with Gasteiger partial charge in [-0.3, -0.25) is 0 Å². The summed E-state index contributed by atoms with van der Waals surface area (Å²) in [5.74, 6) is 1.24. The lowest BCUT2D eigenvalue weighted by molar-refractivity contribution is 0.282. The molecule has 27 heavy (non-hydrogen) atoms. The Morgan fingerprint density at radius 3 is 2.44 bits per heavy atom. The van der Waals surface area contributed by atoms with Crippen molar-refractivity contribution in [2.75, 3.05) is 5.32 Å². The minimum Gasteiger partial charge on any atom is -0.392 e. The van der Waals surface area contributed by atoms with Gasteiger partial charge in [0.15, 0.2) is 0 Å². The van der Waals surface area contributed by atoms with E-state index in [4.69, 9.17) is 23.2 Å². The molecule has 2 N–H and O–H groups in total.